The summed E-state index contributed by atoms with van der Waals surface area (Å²) >= 11 is 0. The van der Waals surface area contributed by atoms with Crippen LogP contribution in [0.2, 0.25) is 0 Å². The van der Waals surface area contributed by atoms with Gasteiger partial charge in [-0.1, -0.05) is 0 Å². The first kappa shape index (κ1) is 12.4. The monoisotopic (exact) mass is 224 g/mol. The minimum atomic E-state index is 0.713. The Labute approximate surface area is 101 Å². The molecule has 2 nitrogen and oxygen atoms in total. The van der Waals surface area contributed by atoms with Crippen molar-refractivity contribution in [1.82, 2.24) is 10.2 Å². The molecule has 0 radical (unpaired) electrons. The van der Waals surface area contributed by atoms with Gasteiger partial charge in [0.2, 0.25) is 0 Å². The van der Waals surface area contributed by atoms with Gasteiger partial charge in [-0.25, -0.2) is 0 Å². The van der Waals surface area contributed by atoms with E-state index in [1.165, 1.54) is 45.3 Å². The van der Waals surface area contributed by atoms with E-state index in [1.54, 1.807) is 0 Å². The zero-order chi connectivity index (χ0) is 11.5. The number of hydrogen-bond acceptors (Lipinski definition) is 2. The fourth-order valence-electron chi connectivity index (χ4n) is 3.06. The molecule has 2 aliphatic rings. The number of hydrogen-bond donors (Lipinski definition) is 1. The van der Waals surface area contributed by atoms with Crippen LogP contribution in [-0.4, -0.2) is 36.6 Å². The molecule has 0 aromatic rings. The van der Waals surface area contributed by atoms with Crippen molar-refractivity contribution >= 4 is 0 Å². The Bertz CT molecular complexity index is 205. The van der Waals surface area contributed by atoms with E-state index < -0.39 is 0 Å². The molecule has 1 aliphatic heterocycles. The lowest BCUT2D eigenvalue weighted by Crippen LogP contribution is -2.45. The Morgan fingerprint density at radius 3 is 2.19 bits per heavy atom. The lowest BCUT2D eigenvalue weighted by Gasteiger charge is -2.37. The Morgan fingerprint density at radius 2 is 1.69 bits per heavy atom. The third-order valence-electron chi connectivity index (χ3n) is 4.42. The van der Waals surface area contributed by atoms with Gasteiger partial charge in [0.15, 0.2) is 0 Å². The third-order valence-corrected chi connectivity index (χ3v) is 4.42. The van der Waals surface area contributed by atoms with Crippen molar-refractivity contribution < 1.29 is 0 Å². The molecule has 1 aliphatic carbocycles. The van der Waals surface area contributed by atoms with Crippen LogP contribution in [0.4, 0.5) is 0 Å². The topological polar surface area (TPSA) is 15.3 Å². The SMILES string of the molecule is CC(C)N(CC1CCNCC1)C(C)C1CC1. The number of rotatable bonds is 5. The minimum Gasteiger partial charge on any atom is -0.317 e. The molecular formula is C14H28N2. The van der Waals surface area contributed by atoms with E-state index >= 15 is 0 Å². The number of nitrogens with zero attached hydrogens (tertiary/aromatic N) is 1. The van der Waals surface area contributed by atoms with E-state index in [0.29, 0.717) is 6.04 Å². The second-order valence-electron chi connectivity index (χ2n) is 6.06. The lowest BCUT2D eigenvalue weighted by atomic mass is 9.96. The highest BCUT2D eigenvalue weighted by Gasteiger charge is 2.33. The highest BCUT2D eigenvalue weighted by atomic mass is 15.2. The average Bonchev–Trinajstić information content (AvgIpc) is 3.10. The molecule has 1 N–H and O–H groups in total. The van der Waals surface area contributed by atoms with Crippen LogP contribution in [0, 0.1) is 11.8 Å². The molecule has 0 spiro atoms. The van der Waals surface area contributed by atoms with Crippen LogP contribution in [0.3, 0.4) is 0 Å². The standard InChI is InChI=1S/C14H28N2/c1-11(2)16(12(3)14-4-5-14)10-13-6-8-15-9-7-13/h11-15H,4-10H2,1-3H3. The van der Waals surface area contributed by atoms with Crippen LogP contribution in [0.15, 0.2) is 0 Å². The summed E-state index contributed by atoms with van der Waals surface area (Å²) in [5.74, 6) is 1.94. The first-order valence-corrected chi connectivity index (χ1v) is 7.15. The summed E-state index contributed by atoms with van der Waals surface area (Å²) in [6.45, 7) is 11.0. The summed E-state index contributed by atoms with van der Waals surface area (Å²) in [4.78, 5) is 2.76. The maximum absolute atomic E-state index is 3.46. The number of nitrogens with one attached hydrogen (secondary N) is 1. The molecule has 0 bridgehead atoms. The summed E-state index contributed by atoms with van der Waals surface area (Å²) in [6.07, 6.45) is 5.69. The molecule has 16 heavy (non-hydrogen) atoms. The molecule has 2 fully saturated rings. The van der Waals surface area contributed by atoms with Crippen molar-refractivity contribution in [2.45, 2.75) is 58.5 Å². The maximum Gasteiger partial charge on any atom is 0.00980 e. The Balaban J connectivity index is 1.85. The molecular weight excluding hydrogens is 196 g/mol. The zero-order valence-corrected chi connectivity index (χ0v) is 11.2. The minimum absolute atomic E-state index is 0.713. The maximum atomic E-state index is 3.46. The van der Waals surface area contributed by atoms with Gasteiger partial charge in [-0.05, 0) is 71.4 Å². The molecule has 1 saturated carbocycles. The third kappa shape index (κ3) is 3.21. The van der Waals surface area contributed by atoms with Crippen LogP contribution < -0.4 is 5.32 Å². The van der Waals surface area contributed by atoms with Gasteiger partial charge in [0.25, 0.3) is 0 Å². The van der Waals surface area contributed by atoms with E-state index in [1.807, 2.05) is 0 Å². The van der Waals surface area contributed by atoms with Crippen molar-refractivity contribution in [3.8, 4) is 0 Å². The van der Waals surface area contributed by atoms with Gasteiger partial charge in [-0.3, -0.25) is 4.90 Å². The van der Waals surface area contributed by atoms with E-state index in [0.717, 1.165) is 17.9 Å². The average molecular weight is 224 g/mol. The first-order valence-electron chi connectivity index (χ1n) is 7.15. The lowest BCUT2D eigenvalue weighted by molar-refractivity contribution is 0.112. The summed E-state index contributed by atoms with van der Waals surface area (Å²) in [6, 6.07) is 1.53. The van der Waals surface area contributed by atoms with Crippen molar-refractivity contribution in [2.24, 2.45) is 11.8 Å². The van der Waals surface area contributed by atoms with Crippen LogP contribution in [-0.2, 0) is 0 Å². The Hall–Kier alpha value is -0.0800. The van der Waals surface area contributed by atoms with Crippen LogP contribution in [0.5, 0.6) is 0 Å². The van der Waals surface area contributed by atoms with Crippen molar-refractivity contribution in [2.75, 3.05) is 19.6 Å². The second-order valence-corrected chi connectivity index (χ2v) is 6.06. The molecule has 2 rings (SSSR count). The van der Waals surface area contributed by atoms with E-state index in [9.17, 15) is 0 Å². The van der Waals surface area contributed by atoms with Crippen LogP contribution in [0.1, 0.15) is 46.5 Å². The molecule has 0 aromatic heterocycles. The fourth-order valence-corrected chi connectivity index (χ4v) is 3.06. The number of piperidine rings is 1. The van der Waals surface area contributed by atoms with Crippen LogP contribution in [0.25, 0.3) is 0 Å². The molecule has 0 amide bonds. The Morgan fingerprint density at radius 1 is 1.06 bits per heavy atom. The largest absolute Gasteiger partial charge is 0.317 e. The van der Waals surface area contributed by atoms with Gasteiger partial charge in [-0.2, -0.15) is 0 Å². The summed E-state index contributed by atoms with van der Waals surface area (Å²) in [5.41, 5.74) is 0. The smallest absolute Gasteiger partial charge is 0.00980 e. The molecule has 1 saturated heterocycles. The first-order chi connectivity index (χ1) is 7.68. The van der Waals surface area contributed by atoms with E-state index in [2.05, 4.69) is 31.0 Å². The van der Waals surface area contributed by atoms with Crippen molar-refractivity contribution in [3.63, 3.8) is 0 Å². The predicted octanol–water partition coefficient (Wildman–Crippen LogP) is 2.49. The summed E-state index contributed by atoms with van der Waals surface area (Å²) in [7, 11) is 0. The van der Waals surface area contributed by atoms with Crippen LogP contribution >= 0.6 is 0 Å². The fraction of sp³-hybridized carbons (Fsp3) is 1.00. The second kappa shape index (κ2) is 5.50. The molecule has 2 heteroatoms. The highest BCUT2D eigenvalue weighted by Crippen LogP contribution is 2.36. The molecule has 94 valence electrons. The van der Waals surface area contributed by atoms with Gasteiger partial charge >= 0.3 is 0 Å². The molecule has 0 aromatic carbocycles. The van der Waals surface area contributed by atoms with Gasteiger partial charge in [0.05, 0.1) is 0 Å². The Kier molecular flexibility index (Phi) is 4.26. The summed E-state index contributed by atoms with van der Waals surface area (Å²) < 4.78 is 0. The van der Waals surface area contributed by atoms with E-state index in [4.69, 9.17) is 0 Å². The molecule has 1 unspecified atom stereocenters. The normalized spacial score (nSPS) is 25.3. The van der Waals surface area contributed by atoms with E-state index in [-0.39, 0.29) is 0 Å². The van der Waals surface area contributed by atoms with Crippen molar-refractivity contribution in [3.05, 3.63) is 0 Å². The predicted molar refractivity (Wildman–Crippen MR) is 69.6 cm³/mol. The molecule has 1 atom stereocenters. The highest BCUT2D eigenvalue weighted by molar-refractivity contribution is 4.88. The van der Waals surface area contributed by atoms with Gasteiger partial charge in [-0.15, -0.1) is 0 Å². The van der Waals surface area contributed by atoms with Gasteiger partial charge in [0, 0.05) is 18.6 Å². The quantitative estimate of drug-likeness (QED) is 0.772. The van der Waals surface area contributed by atoms with Gasteiger partial charge < -0.3 is 5.32 Å². The zero-order valence-electron chi connectivity index (χ0n) is 11.2. The summed E-state index contributed by atoms with van der Waals surface area (Å²) in [5, 5.41) is 3.46. The molecule has 1 heterocycles. The van der Waals surface area contributed by atoms with Gasteiger partial charge in [0.1, 0.15) is 0 Å². The van der Waals surface area contributed by atoms with Crippen molar-refractivity contribution in [1.29, 1.82) is 0 Å².